The van der Waals surface area contributed by atoms with E-state index in [0.29, 0.717) is 0 Å². The minimum Gasteiger partial charge on any atom is -0.135 e. The zero-order valence-electron chi connectivity index (χ0n) is 93.8. The van der Waals surface area contributed by atoms with Gasteiger partial charge in [-0.25, -0.2) is 0 Å². The zero-order valence-corrected chi connectivity index (χ0v) is 96.3. The molecule has 0 spiro atoms. The Kier molecular flexibility index (Phi) is 44.7. The maximum Gasteiger partial charge on any atom is 0.0381 e. The van der Waals surface area contributed by atoms with Gasteiger partial charge in [0.05, 0.1) is 0 Å². The van der Waals surface area contributed by atoms with Crippen molar-refractivity contribution in [3.63, 3.8) is 0 Å². The number of hydrogen-bond donors (Lipinski definition) is 0. The number of unbranched alkanes of at least 4 members (excludes halogenated alkanes) is 45. The third-order valence-corrected chi connectivity index (χ3v) is 39.7. The van der Waals surface area contributed by atoms with E-state index in [-0.39, 0.29) is 21.7 Å². The molecule has 0 atom stereocenters. The summed E-state index contributed by atoms with van der Waals surface area (Å²) in [6.07, 6.45) is 86.7. The first-order chi connectivity index (χ1) is 71.5. The van der Waals surface area contributed by atoms with Gasteiger partial charge in [-0.15, -0.1) is 34.0 Å². The molecule has 4 aliphatic rings. The number of rotatable bonds is 73. The molecule has 0 unspecified atom stereocenters. The van der Waals surface area contributed by atoms with Gasteiger partial charge in [0, 0.05) is 50.9 Å². The Bertz CT molecular complexity index is 5660. The van der Waals surface area contributed by atoms with Crippen LogP contribution >= 0.6 is 34.0 Å². The molecule has 0 amide bonds. The van der Waals surface area contributed by atoms with Crippen molar-refractivity contribution in [3.05, 3.63) is 237 Å². The lowest BCUT2D eigenvalue weighted by Gasteiger charge is -2.33. The van der Waals surface area contributed by atoms with E-state index in [2.05, 4.69) is 286 Å². The van der Waals surface area contributed by atoms with E-state index in [1.165, 1.54) is 518 Å². The van der Waals surface area contributed by atoms with Crippen LogP contribution in [0.5, 0.6) is 0 Å². The lowest BCUT2D eigenvalue weighted by atomic mass is 9.70. The standard InChI is InChI=1S/C142H196S3/c1-12-23-34-45-48-51-54-57-72-111-106-134(144-136(111)114-82-88-120-118-76-61-63-78-126(118)140(130(120)102-114,93-66-39-28-17-6)94-67-40-29-18-7)109-80-86-121-124-90-84-116(104-132(124)141(128(121)100-109,95-68-41-30-19-8)96-69-42-31-20-9)138-113(74-59-56-53-50-47-36-25-14-3)107-135(145-138)110-81-87-122-123-89-83-115(103-131(123)142(129(122)101-110,97-70-43-32-21-10)98-71-44-33-22-11)137-112(73-58-55-52-49-46-35-24-13-2)105-133(143-137)108-79-85-119-117-75-60-62-77-125(117)139(127(119)99-108,91-64-37-26-15-4)92-65-38-27-16-5/h60-63,75-90,99-107H,12-59,64-74,91-98H2,1-11H3. The van der Waals surface area contributed by atoms with E-state index < -0.39 is 0 Å². The highest BCUT2D eigenvalue weighted by Gasteiger charge is 2.48. The molecule has 8 aromatic carbocycles. The predicted octanol–water partition coefficient (Wildman–Crippen LogP) is 47.8. The fraction of sp³-hybridized carbons (Fsp3) is 0.577. The van der Waals surface area contributed by atoms with Crippen molar-refractivity contribution in [2.75, 3.05) is 0 Å². The fourth-order valence-electron chi connectivity index (χ4n) is 27.6. The SMILES string of the molecule is CCCCCCCCCCc1cc(-c2ccc3c(c2)C(CCCCCC)(CCCCCC)c2cc(-c4sc(-c5ccc6c(c5)C(CCCCCC)(CCCCCC)c5cc(-c7sc(-c8ccc9c(c8)C(CCCCCC)(CCCCCC)c8ccccc8-9)cc7CCCCCCCCCC)ccc5-6)cc4CCCCCCCCCC)ccc2-3)sc1-c1ccc2c(c1)C(CCCCCC)(CCCCCC)c1ccccc1-2. The first-order valence-electron chi connectivity index (χ1n) is 62.0. The van der Waals surface area contributed by atoms with Crippen LogP contribution in [0.4, 0.5) is 0 Å². The second kappa shape index (κ2) is 57.9. The summed E-state index contributed by atoms with van der Waals surface area (Å²) in [5.41, 5.74) is 38.4. The number of thiophene rings is 3. The third-order valence-electron chi connectivity index (χ3n) is 35.9. The highest BCUT2D eigenvalue weighted by molar-refractivity contribution is 7.19. The normalized spacial score (nSPS) is 14.0. The van der Waals surface area contributed by atoms with Crippen LogP contribution in [0.25, 0.3) is 107 Å². The predicted molar refractivity (Wildman–Crippen MR) is 647 cm³/mol. The molecule has 0 fully saturated rings. The van der Waals surface area contributed by atoms with Gasteiger partial charge in [0.15, 0.2) is 0 Å². The van der Waals surface area contributed by atoms with Crippen molar-refractivity contribution < 1.29 is 0 Å². The molecule has 0 aliphatic heterocycles. The summed E-state index contributed by atoms with van der Waals surface area (Å²) in [6, 6.07) is 75.8. The summed E-state index contributed by atoms with van der Waals surface area (Å²) in [7, 11) is 0. The molecule has 782 valence electrons. The highest BCUT2D eigenvalue weighted by atomic mass is 32.1. The molecule has 0 nitrogen and oxygen atoms in total. The number of aryl methyl sites for hydroxylation is 3. The van der Waals surface area contributed by atoms with Crippen LogP contribution in [-0.4, -0.2) is 0 Å². The summed E-state index contributed by atoms with van der Waals surface area (Å²) in [5, 5.41) is 0. The largest absolute Gasteiger partial charge is 0.135 e. The van der Waals surface area contributed by atoms with Gasteiger partial charge in [-0.2, -0.15) is 0 Å². The van der Waals surface area contributed by atoms with Gasteiger partial charge in [0.25, 0.3) is 0 Å². The van der Waals surface area contributed by atoms with Crippen molar-refractivity contribution in [2.24, 2.45) is 0 Å². The Balaban J connectivity index is 0.827. The number of fused-ring (bicyclic) bond motifs is 12. The van der Waals surface area contributed by atoms with Gasteiger partial charge in [-0.1, -0.05) is 538 Å². The maximum atomic E-state index is 2.85. The summed E-state index contributed by atoms with van der Waals surface area (Å²) < 4.78 is 0. The first-order valence-corrected chi connectivity index (χ1v) is 64.4. The van der Waals surface area contributed by atoms with Gasteiger partial charge >= 0.3 is 0 Å². The van der Waals surface area contributed by atoms with Crippen molar-refractivity contribution in [2.45, 2.75) is 528 Å². The van der Waals surface area contributed by atoms with Gasteiger partial charge in [0.1, 0.15) is 0 Å². The molecule has 15 rings (SSSR count). The fourth-order valence-corrected chi connectivity index (χ4v) is 31.2. The van der Waals surface area contributed by atoms with Crippen LogP contribution in [-0.2, 0) is 40.9 Å². The summed E-state index contributed by atoms with van der Waals surface area (Å²) in [4.78, 5) is 9.00. The molecule has 0 saturated carbocycles. The van der Waals surface area contributed by atoms with Crippen LogP contribution in [0.15, 0.2) is 176 Å². The Morgan fingerprint density at radius 1 is 0.152 bits per heavy atom. The van der Waals surface area contributed by atoms with Crippen molar-refractivity contribution in [1.82, 2.24) is 0 Å². The topological polar surface area (TPSA) is 0 Å². The minimum atomic E-state index is -0.0837. The Morgan fingerprint density at radius 3 is 0.531 bits per heavy atom. The van der Waals surface area contributed by atoms with E-state index in [1.54, 1.807) is 61.2 Å². The average Bonchev–Trinajstić information content (AvgIpc) is 1.63. The van der Waals surface area contributed by atoms with Crippen LogP contribution in [0.2, 0.25) is 0 Å². The van der Waals surface area contributed by atoms with E-state index in [0.717, 1.165) is 19.3 Å². The smallest absolute Gasteiger partial charge is 0.0381 e. The molecular weight excluding hydrogens is 1800 g/mol. The van der Waals surface area contributed by atoms with Gasteiger partial charge in [-0.05, 0) is 284 Å². The molecule has 0 saturated heterocycles. The van der Waals surface area contributed by atoms with Crippen LogP contribution < -0.4 is 0 Å². The lowest BCUT2D eigenvalue weighted by molar-refractivity contribution is 0.401. The second-order valence-electron chi connectivity index (χ2n) is 46.5. The van der Waals surface area contributed by atoms with E-state index in [1.807, 2.05) is 0 Å². The summed E-state index contributed by atoms with van der Waals surface area (Å²) in [5.74, 6) is 0. The van der Waals surface area contributed by atoms with Crippen molar-refractivity contribution in [1.29, 1.82) is 0 Å². The molecule has 3 aromatic heterocycles. The van der Waals surface area contributed by atoms with Crippen LogP contribution in [0, 0.1) is 0 Å². The highest BCUT2D eigenvalue weighted by Crippen LogP contribution is 2.63. The molecular formula is C142H196S3. The molecule has 11 aromatic rings. The van der Waals surface area contributed by atoms with Crippen LogP contribution in [0.3, 0.4) is 0 Å². The van der Waals surface area contributed by atoms with Gasteiger partial charge in [-0.3, -0.25) is 0 Å². The van der Waals surface area contributed by atoms with Crippen LogP contribution in [0.1, 0.15) is 548 Å². The zero-order chi connectivity index (χ0) is 101. The molecule has 0 bridgehead atoms. The van der Waals surface area contributed by atoms with Crippen molar-refractivity contribution >= 4 is 34.0 Å². The molecule has 145 heavy (non-hydrogen) atoms. The van der Waals surface area contributed by atoms with E-state index in [9.17, 15) is 0 Å². The third kappa shape index (κ3) is 27.1. The Hall–Kier alpha value is -7.14. The minimum absolute atomic E-state index is 0.0508. The lowest BCUT2D eigenvalue weighted by Crippen LogP contribution is -2.25. The molecule has 4 aliphatic carbocycles. The maximum absolute atomic E-state index is 2.85. The second-order valence-corrected chi connectivity index (χ2v) is 49.7. The first kappa shape index (κ1) is 112. The average molecular weight is 2000 g/mol. The monoisotopic (exact) mass is 2000 g/mol. The van der Waals surface area contributed by atoms with E-state index in [4.69, 9.17) is 0 Å². The molecule has 0 radical (unpaired) electrons. The quantitative estimate of drug-likeness (QED) is 0.0333. The number of benzene rings is 8. The van der Waals surface area contributed by atoms with Gasteiger partial charge in [0.2, 0.25) is 0 Å². The number of hydrogen-bond acceptors (Lipinski definition) is 3. The Morgan fingerprint density at radius 2 is 0.317 bits per heavy atom. The van der Waals surface area contributed by atoms with Gasteiger partial charge < -0.3 is 0 Å². The molecule has 0 N–H and O–H groups in total. The molecule has 3 heterocycles. The summed E-state index contributed by atoms with van der Waals surface area (Å²) in [6.45, 7) is 26.3. The molecule has 3 heteroatoms. The Labute approximate surface area is 899 Å². The van der Waals surface area contributed by atoms with Crippen molar-refractivity contribution in [3.8, 4) is 107 Å². The van der Waals surface area contributed by atoms with E-state index >= 15 is 0 Å². The summed E-state index contributed by atoms with van der Waals surface area (Å²) >= 11 is 6.43.